The number of hydrogen-bond acceptors (Lipinski definition) is 4. The molecule has 1 heterocycles. The first-order valence-corrected chi connectivity index (χ1v) is 11.5. The van der Waals surface area contributed by atoms with Crippen molar-refractivity contribution in [2.75, 3.05) is 45.6 Å². The van der Waals surface area contributed by atoms with E-state index in [1.807, 2.05) is 80.0 Å². The molecule has 3 rings (SSSR count). The molecule has 0 spiro atoms. The summed E-state index contributed by atoms with van der Waals surface area (Å²) < 4.78 is 1.83. The number of nitrogens with one attached hydrogen (secondary N) is 2. The summed E-state index contributed by atoms with van der Waals surface area (Å²) in [6, 6.07) is 15.0. The van der Waals surface area contributed by atoms with Crippen LogP contribution in [0.15, 0.2) is 54.7 Å². The number of nitrogens with zero attached hydrogens (tertiary/aromatic N) is 4. The van der Waals surface area contributed by atoms with Crippen molar-refractivity contribution in [2.45, 2.75) is 13.8 Å². The third kappa shape index (κ3) is 6.82. The maximum atomic E-state index is 13.0. The first-order chi connectivity index (χ1) is 16.3. The first-order valence-electron chi connectivity index (χ1n) is 11.2. The highest BCUT2D eigenvalue weighted by atomic mass is 35.5. The lowest BCUT2D eigenvalue weighted by atomic mass is 10.2. The van der Waals surface area contributed by atoms with Gasteiger partial charge in [-0.25, -0.2) is 9.78 Å². The molecule has 0 saturated carbocycles. The molecule has 8 nitrogen and oxygen atoms in total. The van der Waals surface area contributed by atoms with Crippen LogP contribution in [-0.2, 0) is 4.79 Å². The molecule has 0 atom stereocenters. The van der Waals surface area contributed by atoms with Crippen LogP contribution in [0.5, 0.6) is 0 Å². The second-order valence-electron chi connectivity index (χ2n) is 8.27. The molecule has 0 fully saturated rings. The van der Waals surface area contributed by atoms with Gasteiger partial charge >= 0.3 is 6.03 Å². The van der Waals surface area contributed by atoms with E-state index in [4.69, 9.17) is 11.6 Å². The molecule has 9 heteroatoms. The predicted molar refractivity (Wildman–Crippen MR) is 137 cm³/mol. The number of anilines is 1. The number of aromatic nitrogens is 2. The molecular weight excluding hydrogens is 452 g/mol. The van der Waals surface area contributed by atoms with Crippen molar-refractivity contribution >= 4 is 29.5 Å². The number of halogens is 1. The van der Waals surface area contributed by atoms with E-state index < -0.39 is 0 Å². The van der Waals surface area contributed by atoms with E-state index in [1.165, 1.54) is 4.90 Å². The zero-order valence-electron chi connectivity index (χ0n) is 20.0. The van der Waals surface area contributed by atoms with Crippen LogP contribution in [0.3, 0.4) is 0 Å². The van der Waals surface area contributed by atoms with Crippen molar-refractivity contribution in [1.29, 1.82) is 0 Å². The number of benzene rings is 2. The molecule has 2 aromatic carbocycles. The van der Waals surface area contributed by atoms with Crippen LogP contribution in [0.4, 0.5) is 10.7 Å². The van der Waals surface area contributed by atoms with Gasteiger partial charge in [0.15, 0.2) is 0 Å². The van der Waals surface area contributed by atoms with Gasteiger partial charge < -0.3 is 15.1 Å². The van der Waals surface area contributed by atoms with E-state index >= 15 is 0 Å². The summed E-state index contributed by atoms with van der Waals surface area (Å²) in [5, 5.41) is 6.30. The van der Waals surface area contributed by atoms with E-state index in [0.29, 0.717) is 36.3 Å². The van der Waals surface area contributed by atoms with Gasteiger partial charge in [0.2, 0.25) is 11.9 Å². The summed E-state index contributed by atoms with van der Waals surface area (Å²) in [6.45, 7) is 5.33. The van der Waals surface area contributed by atoms with Gasteiger partial charge in [0, 0.05) is 42.1 Å². The van der Waals surface area contributed by atoms with Crippen molar-refractivity contribution in [1.82, 2.24) is 24.7 Å². The predicted octanol–water partition coefficient (Wildman–Crippen LogP) is 4.03. The minimum absolute atomic E-state index is 0.0866. The number of likely N-dealkylation sites (N-methyl/N-ethyl adjacent to an activating group) is 1. The molecular formula is C25H31ClN6O2. The van der Waals surface area contributed by atoms with Gasteiger partial charge in [-0.1, -0.05) is 41.4 Å². The van der Waals surface area contributed by atoms with Crippen molar-refractivity contribution in [3.63, 3.8) is 0 Å². The molecule has 3 amide bonds. The Labute approximate surface area is 205 Å². The number of imidazole rings is 1. The zero-order chi connectivity index (χ0) is 24.7. The second-order valence-corrected chi connectivity index (χ2v) is 8.71. The monoisotopic (exact) mass is 482 g/mol. The third-order valence-electron chi connectivity index (χ3n) is 5.18. The molecule has 0 aliphatic carbocycles. The molecule has 3 aromatic rings. The summed E-state index contributed by atoms with van der Waals surface area (Å²) in [5.74, 6) is 0.0499. The highest BCUT2D eigenvalue weighted by Gasteiger charge is 2.19. The highest BCUT2D eigenvalue weighted by Crippen LogP contribution is 2.25. The van der Waals surface area contributed by atoms with Crippen LogP contribution in [0.1, 0.15) is 12.5 Å². The Hall–Kier alpha value is -3.36. The molecule has 0 radical (unpaired) electrons. The normalized spacial score (nSPS) is 10.9. The average Bonchev–Trinajstić information content (AvgIpc) is 3.21. The molecule has 0 aliphatic heterocycles. The van der Waals surface area contributed by atoms with Crippen molar-refractivity contribution in [2.24, 2.45) is 0 Å². The molecule has 0 bridgehead atoms. The van der Waals surface area contributed by atoms with Crippen LogP contribution < -0.4 is 10.6 Å². The average molecular weight is 483 g/mol. The van der Waals surface area contributed by atoms with Crippen molar-refractivity contribution in [3.8, 4) is 16.9 Å². The number of amides is 3. The molecule has 0 aliphatic rings. The summed E-state index contributed by atoms with van der Waals surface area (Å²) in [4.78, 5) is 33.6. The molecule has 2 N–H and O–H groups in total. The minimum Gasteiger partial charge on any atom is -0.338 e. The van der Waals surface area contributed by atoms with E-state index in [2.05, 4.69) is 15.6 Å². The van der Waals surface area contributed by atoms with Crippen molar-refractivity contribution < 1.29 is 9.59 Å². The Kier molecular flexibility index (Phi) is 8.67. The van der Waals surface area contributed by atoms with E-state index in [0.717, 1.165) is 16.8 Å². The van der Waals surface area contributed by atoms with Crippen LogP contribution >= 0.6 is 11.6 Å². The van der Waals surface area contributed by atoms with E-state index in [-0.39, 0.29) is 18.5 Å². The van der Waals surface area contributed by atoms with Gasteiger partial charge in [-0.3, -0.25) is 14.7 Å². The maximum Gasteiger partial charge on any atom is 0.317 e. The zero-order valence-corrected chi connectivity index (χ0v) is 20.8. The van der Waals surface area contributed by atoms with Crippen LogP contribution in [-0.4, -0.2) is 71.6 Å². The van der Waals surface area contributed by atoms with Crippen LogP contribution in [0.2, 0.25) is 5.02 Å². The van der Waals surface area contributed by atoms with E-state index in [9.17, 15) is 9.59 Å². The Balaban J connectivity index is 1.87. The topological polar surface area (TPSA) is 82.5 Å². The van der Waals surface area contributed by atoms with Gasteiger partial charge in [0.1, 0.15) is 6.54 Å². The Morgan fingerprint density at radius 1 is 1.03 bits per heavy atom. The van der Waals surface area contributed by atoms with Gasteiger partial charge in [-0.15, -0.1) is 0 Å². The molecule has 0 saturated heterocycles. The Bertz CT molecular complexity index is 1110. The number of carbonyl (C=O) groups excluding carboxylic acids is 2. The molecule has 1 aromatic heterocycles. The quantitative estimate of drug-likeness (QED) is 0.482. The SMILES string of the molecule is CCNC(=O)N(CCN(C)C)CC(=O)Nc1nc(-c2ccc(Cl)cc2)cn1-c1ccc(C)cc1. The summed E-state index contributed by atoms with van der Waals surface area (Å²) >= 11 is 6.03. The molecule has 0 unspecified atom stereocenters. The van der Waals surface area contributed by atoms with Gasteiger partial charge in [0.05, 0.1) is 5.69 Å². The summed E-state index contributed by atoms with van der Waals surface area (Å²) in [7, 11) is 3.85. The largest absolute Gasteiger partial charge is 0.338 e. The second kappa shape index (κ2) is 11.7. The highest BCUT2D eigenvalue weighted by molar-refractivity contribution is 6.30. The third-order valence-corrected chi connectivity index (χ3v) is 5.43. The minimum atomic E-state index is -0.327. The lowest BCUT2D eigenvalue weighted by molar-refractivity contribution is -0.116. The summed E-state index contributed by atoms with van der Waals surface area (Å²) in [5.41, 5.74) is 3.56. The lowest BCUT2D eigenvalue weighted by Gasteiger charge is -2.24. The van der Waals surface area contributed by atoms with E-state index in [1.54, 1.807) is 12.1 Å². The maximum absolute atomic E-state index is 13.0. The standard InChI is InChI=1S/C25H31ClN6O2/c1-5-27-25(34)31(15-14-30(3)4)17-23(33)29-24-28-22(19-8-10-20(26)11-9-19)16-32(24)21-12-6-18(2)7-13-21/h6-13,16H,5,14-15,17H2,1-4H3,(H,27,34)(H,28,29,33). The number of hydrogen-bond donors (Lipinski definition) is 2. The van der Waals surface area contributed by atoms with Crippen molar-refractivity contribution in [3.05, 3.63) is 65.3 Å². The summed E-state index contributed by atoms with van der Waals surface area (Å²) in [6.07, 6.45) is 1.87. The molecule has 34 heavy (non-hydrogen) atoms. The number of aryl methyl sites for hydroxylation is 1. The number of carbonyl (C=O) groups is 2. The fourth-order valence-electron chi connectivity index (χ4n) is 3.30. The Morgan fingerprint density at radius 3 is 2.32 bits per heavy atom. The lowest BCUT2D eigenvalue weighted by Crippen LogP contribution is -2.46. The van der Waals surface area contributed by atoms with Crippen LogP contribution in [0, 0.1) is 6.92 Å². The fourth-order valence-corrected chi connectivity index (χ4v) is 3.43. The van der Waals surface area contributed by atoms with Gasteiger partial charge in [-0.05, 0) is 52.2 Å². The van der Waals surface area contributed by atoms with Gasteiger partial charge in [-0.2, -0.15) is 0 Å². The molecule has 180 valence electrons. The van der Waals surface area contributed by atoms with Gasteiger partial charge in [0.25, 0.3) is 0 Å². The smallest absolute Gasteiger partial charge is 0.317 e. The fraction of sp³-hybridized carbons (Fsp3) is 0.320. The van der Waals surface area contributed by atoms with Crippen LogP contribution in [0.25, 0.3) is 16.9 Å². The Morgan fingerprint density at radius 2 is 1.71 bits per heavy atom. The first kappa shape index (κ1) is 25.3. The number of rotatable bonds is 9. The number of urea groups is 1.